The number of aliphatic carboxylic acids is 1. The van der Waals surface area contributed by atoms with Crippen molar-refractivity contribution in [2.75, 3.05) is 13.1 Å². The van der Waals surface area contributed by atoms with Crippen LogP contribution in [0, 0.1) is 5.92 Å². The summed E-state index contributed by atoms with van der Waals surface area (Å²) >= 11 is 0. The molecule has 1 unspecified atom stereocenters. The van der Waals surface area contributed by atoms with Gasteiger partial charge in [0.1, 0.15) is 0 Å². The summed E-state index contributed by atoms with van der Waals surface area (Å²) in [7, 11) is 0. The van der Waals surface area contributed by atoms with Crippen LogP contribution in [0.4, 0.5) is 4.79 Å². The molecule has 1 atom stereocenters. The smallest absolute Gasteiger partial charge is 0.317 e. The van der Waals surface area contributed by atoms with E-state index in [0.717, 1.165) is 12.0 Å². The van der Waals surface area contributed by atoms with Crippen LogP contribution in [-0.4, -0.2) is 35.1 Å². The highest BCUT2D eigenvalue weighted by atomic mass is 16.4. The number of urea groups is 1. The summed E-state index contributed by atoms with van der Waals surface area (Å²) in [4.78, 5) is 24.4. The first kappa shape index (κ1) is 14.4. The number of nitrogens with one attached hydrogen (secondary N) is 1. The maximum Gasteiger partial charge on any atom is 0.317 e. The van der Waals surface area contributed by atoms with Crippen molar-refractivity contribution in [1.29, 1.82) is 0 Å². The number of nitrogens with zero attached hydrogens (tertiary/aromatic N) is 1. The van der Waals surface area contributed by atoms with Crippen LogP contribution in [0.1, 0.15) is 24.5 Å². The van der Waals surface area contributed by atoms with Crippen LogP contribution in [0.25, 0.3) is 0 Å². The molecule has 5 heteroatoms. The number of benzene rings is 1. The van der Waals surface area contributed by atoms with Crippen LogP contribution in [0.15, 0.2) is 24.3 Å². The summed E-state index contributed by atoms with van der Waals surface area (Å²) < 4.78 is 0. The van der Waals surface area contributed by atoms with Crippen molar-refractivity contribution in [1.82, 2.24) is 10.2 Å². The first-order chi connectivity index (χ1) is 9.60. The number of likely N-dealkylation sites (tertiary alicyclic amines) is 1. The fourth-order valence-corrected chi connectivity index (χ4v) is 2.33. The van der Waals surface area contributed by atoms with Gasteiger partial charge in [0.05, 0.1) is 5.92 Å². The minimum atomic E-state index is -0.824. The van der Waals surface area contributed by atoms with Crippen LogP contribution >= 0.6 is 0 Å². The fraction of sp³-hybridized carbons (Fsp3) is 0.467. The molecule has 1 heterocycles. The van der Waals surface area contributed by atoms with E-state index >= 15 is 0 Å². The molecule has 0 aliphatic carbocycles. The molecule has 0 bridgehead atoms. The summed E-state index contributed by atoms with van der Waals surface area (Å²) in [6, 6.07) is 7.93. The first-order valence-corrected chi connectivity index (χ1v) is 6.93. The third kappa shape index (κ3) is 3.50. The number of carboxylic acid groups (broad SMARTS) is 1. The van der Waals surface area contributed by atoms with Gasteiger partial charge in [-0.2, -0.15) is 0 Å². The molecule has 1 aliphatic rings. The van der Waals surface area contributed by atoms with Crippen molar-refractivity contribution in [3.05, 3.63) is 35.4 Å². The highest BCUT2D eigenvalue weighted by Gasteiger charge is 2.30. The summed E-state index contributed by atoms with van der Waals surface area (Å²) in [6.45, 7) is 3.38. The Morgan fingerprint density at radius 3 is 2.50 bits per heavy atom. The van der Waals surface area contributed by atoms with E-state index in [1.165, 1.54) is 5.56 Å². The van der Waals surface area contributed by atoms with Gasteiger partial charge in [0.15, 0.2) is 0 Å². The van der Waals surface area contributed by atoms with Gasteiger partial charge >= 0.3 is 12.0 Å². The lowest BCUT2D eigenvalue weighted by Gasteiger charge is -2.16. The van der Waals surface area contributed by atoms with Gasteiger partial charge in [-0.15, -0.1) is 0 Å². The monoisotopic (exact) mass is 276 g/mol. The maximum atomic E-state index is 11.9. The predicted octanol–water partition coefficient (Wildman–Crippen LogP) is 1.87. The van der Waals surface area contributed by atoms with E-state index in [-0.39, 0.29) is 6.03 Å². The van der Waals surface area contributed by atoms with Crippen LogP contribution in [0.5, 0.6) is 0 Å². The molecular formula is C15H20N2O3. The van der Waals surface area contributed by atoms with Crippen molar-refractivity contribution in [3.8, 4) is 0 Å². The minimum Gasteiger partial charge on any atom is -0.481 e. The van der Waals surface area contributed by atoms with Crippen molar-refractivity contribution < 1.29 is 14.7 Å². The lowest BCUT2D eigenvalue weighted by molar-refractivity contribution is -0.141. The van der Waals surface area contributed by atoms with E-state index in [2.05, 4.69) is 24.4 Å². The Bertz CT molecular complexity index is 484. The number of carbonyl (C=O) groups excluding carboxylic acids is 1. The van der Waals surface area contributed by atoms with Gasteiger partial charge in [0.25, 0.3) is 0 Å². The highest BCUT2D eigenvalue weighted by Crippen LogP contribution is 2.16. The lowest BCUT2D eigenvalue weighted by Crippen LogP contribution is -2.38. The Kier molecular flexibility index (Phi) is 4.61. The average Bonchev–Trinajstić information content (AvgIpc) is 2.95. The third-order valence-corrected chi connectivity index (χ3v) is 3.70. The molecule has 0 radical (unpaired) electrons. The van der Waals surface area contributed by atoms with Crippen molar-refractivity contribution >= 4 is 12.0 Å². The Morgan fingerprint density at radius 2 is 1.95 bits per heavy atom. The highest BCUT2D eigenvalue weighted by molar-refractivity contribution is 5.77. The lowest BCUT2D eigenvalue weighted by atomic mass is 10.1. The van der Waals surface area contributed by atoms with Crippen LogP contribution in [-0.2, 0) is 17.8 Å². The van der Waals surface area contributed by atoms with Crippen molar-refractivity contribution in [2.24, 2.45) is 5.92 Å². The van der Waals surface area contributed by atoms with Gasteiger partial charge in [0, 0.05) is 19.6 Å². The largest absolute Gasteiger partial charge is 0.481 e. The zero-order valence-electron chi connectivity index (χ0n) is 11.6. The van der Waals surface area contributed by atoms with Gasteiger partial charge in [0.2, 0.25) is 0 Å². The maximum absolute atomic E-state index is 11.9. The van der Waals surface area contributed by atoms with Gasteiger partial charge in [-0.3, -0.25) is 4.79 Å². The molecule has 20 heavy (non-hydrogen) atoms. The molecular weight excluding hydrogens is 256 g/mol. The molecule has 1 aromatic rings. The number of carboxylic acids is 1. The summed E-state index contributed by atoms with van der Waals surface area (Å²) in [5, 5.41) is 11.7. The third-order valence-electron chi connectivity index (χ3n) is 3.70. The normalized spacial score (nSPS) is 18.1. The zero-order chi connectivity index (χ0) is 14.5. The van der Waals surface area contributed by atoms with Crippen LogP contribution in [0.3, 0.4) is 0 Å². The molecule has 1 saturated heterocycles. The average molecular weight is 276 g/mol. The molecule has 2 N–H and O–H groups in total. The molecule has 108 valence electrons. The number of hydrogen-bond donors (Lipinski definition) is 2. The number of rotatable bonds is 4. The standard InChI is InChI=1S/C15H20N2O3/c1-2-11-3-5-12(6-4-11)9-16-15(20)17-8-7-13(10-17)14(18)19/h3-6,13H,2,7-10H2,1H3,(H,16,20)(H,18,19). The molecule has 1 aromatic carbocycles. The van der Waals surface area contributed by atoms with Gasteiger partial charge in [-0.25, -0.2) is 4.79 Å². The topological polar surface area (TPSA) is 69.6 Å². The molecule has 1 fully saturated rings. The van der Waals surface area contributed by atoms with E-state index in [1.807, 2.05) is 12.1 Å². The van der Waals surface area contributed by atoms with E-state index in [1.54, 1.807) is 4.90 Å². The molecule has 5 nitrogen and oxygen atoms in total. The summed E-state index contributed by atoms with van der Waals surface area (Å²) in [5.41, 5.74) is 2.31. The molecule has 0 saturated carbocycles. The number of carbonyl (C=O) groups is 2. The Hall–Kier alpha value is -2.04. The molecule has 0 spiro atoms. The van der Waals surface area contributed by atoms with Gasteiger partial charge in [-0.1, -0.05) is 31.2 Å². The van der Waals surface area contributed by atoms with E-state index in [9.17, 15) is 9.59 Å². The van der Waals surface area contributed by atoms with Crippen LogP contribution in [0.2, 0.25) is 0 Å². The second kappa shape index (κ2) is 6.41. The quantitative estimate of drug-likeness (QED) is 0.882. The van der Waals surface area contributed by atoms with Crippen molar-refractivity contribution in [2.45, 2.75) is 26.3 Å². The number of aryl methyl sites for hydroxylation is 1. The molecule has 0 aromatic heterocycles. The predicted molar refractivity (Wildman–Crippen MR) is 75.4 cm³/mol. The summed E-state index contributed by atoms with van der Waals surface area (Å²) in [5.74, 6) is -1.25. The molecule has 1 aliphatic heterocycles. The Balaban J connectivity index is 1.81. The number of amides is 2. The summed E-state index contributed by atoms with van der Waals surface area (Å²) in [6.07, 6.45) is 1.53. The first-order valence-electron chi connectivity index (χ1n) is 6.93. The zero-order valence-corrected chi connectivity index (χ0v) is 11.6. The van der Waals surface area contributed by atoms with Gasteiger partial charge in [-0.05, 0) is 24.0 Å². The van der Waals surface area contributed by atoms with E-state index < -0.39 is 11.9 Å². The second-order valence-electron chi connectivity index (χ2n) is 5.10. The SMILES string of the molecule is CCc1ccc(CNC(=O)N2CCC(C(=O)O)C2)cc1. The van der Waals surface area contributed by atoms with Crippen molar-refractivity contribution in [3.63, 3.8) is 0 Å². The van der Waals surface area contributed by atoms with E-state index in [0.29, 0.717) is 26.1 Å². The van der Waals surface area contributed by atoms with E-state index in [4.69, 9.17) is 5.11 Å². The fourth-order valence-electron chi connectivity index (χ4n) is 2.33. The second-order valence-corrected chi connectivity index (χ2v) is 5.10. The Labute approximate surface area is 118 Å². The minimum absolute atomic E-state index is 0.187. The number of hydrogen-bond acceptors (Lipinski definition) is 2. The van der Waals surface area contributed by atoms with Gasteiger partial charge < -0.3 is 15.3 Å². The van der Waals surface area contributed by atoms with Crippen LogP contribution < -0.4 is 5.32 Å². The Morgan fingerprint density at radius 1 is 1.30 bits per heavy atom. The molecule has 2 rings (SSSR count). The molecule has 2 amide bonds.